The first-order chi connectivity index (χ1) is 10.5. The van der Waals surface area contributed by atoms with Crippen LogP contribution in [0.3, 0.4) is 0 Å². The van der Waals surface area contributed by atoms with Gasteiger partial charge in [0.05, 0.1) is 18.7 Å². The molecule has 0 saturated carbocycles. The summed E-state index contributed by atoms with van der Waals surface area (Å²) in [7, 11) is 0. The average Bonchev–Trinajstić information content (AvgIpc) is 2.48. The van der Waals surface area contributed by atoms with Crippen molar-refractivity contribution in [2.24, 2.45) is 0 Å². The van der Waals surface area contributed by atoms with E-state index in [9.17, 15) is 9.59 Å². The van der Waals surface area contributed by atoms with Gasteiger partial charge in [-0.1, -0.05) is 19.1 Å². The van der Waals surface area contributed by atoms with Crippen LogP contribution in [0.1, 0.15) is 32.6 Å². The van der Waals surface area contributed by atoms with Crippen LogP contribution in [0.15, 0.2) is 24.3 Å². The minimum absolute atomic E-state index is 0.00478. The molecular weight excluding hydrogens is 286 g/mol. The van der Waals surface area contributed by atoms with Crippen LogP contribution in [0.25, 0.3) is 0 Å². The molecule has 0 unspecified atom stereocenters. The number of hydrogen-bond donors (Lipinski definition) is 2. The van der Waals surface area contributed by atoms with Crippen molar-refractivity contribution in [2.45, 2.75) is 32.6 Å². The summed E-state index contributed by atoms with van der Waals surface area (Å²) in [5.74, 6) is -1.03. The van der Waals surface area contributed by atoms with E-state index in [4.69, 9.17) is 14.9 Å². The molecule has 1 aromatic carbocycles. The van der Waals surface area contributed by atoms with Crippen LogP contribution in [-0.4, -0.2) is 41.8 Å². The second-order valence-electron chi connectivity index (χ2n) is 4.94. The highest BCUT2D eigenvalue weighted by molar-refractivity contribution is 5.68. The summed E-state index contributed by atoms with van der Waals surface area (Å²) in [4.78, 5) is 23.4. The van der Waals surface area contributed by atoms with Crippen LogP contribution < -0.4 is 9.64 Å². The van der Waals surface area contributed by atoms with Gasteiger partial charge in [-0.15, -0.1) is 0 Å². The van der Waals surface area contributed by atoms with Crippen LogP contribution in [0, 0.1) is 0 Å². The van der Waals surface area contributed by atoms with Crippen LogP contribution in [0.2, 0.25) is 0 Å². The van der Waals surface area contributed by atoms with Gasteiger partial charge in [0.2, 0.25) is 0 Å². The molecule has 6 heteroatoms. The largest absolute Gasteiger partial charge is 0.491 e. The molecule has 6 nitrogen and oxygen atoms in total. The van der Waals surface area contributed by atoms with Gasteiger partial charge in [0.1, 0.15) is 5.75 Å². The number of hydrogen-bond acceptors (Lipinski definition) is 4. The number of carboxylic acid groups (broad SMARTS) is 2. The van der Waals surface area contributed by atoms with Gasteiger partial charge in [-0.25, -0.2) is 0 Å². The van der Waals surface area contributed by atoms with E-state index in [2.05, 4.69) is 0 Å². The minimum atomic E-state index is -0.879. The molecule has 0 radical (unpaired) electrons. The lowest BCUT2D eigenvalue weighted by molar-refractivity contribution is -0.138. The van der Waals surface area contributed by atoms with Gasteiger partial charge in [0.15, 0.2) is 0 Å². The van der Waals surface area contributed by atoms with Crippen LogP contribution in [0.4, 0.5) is 5.69 Å². The first-order valence-electron chi connectivity index (χ1n) is 7.45. The van der Waals surface area contributed by atoms with Gasteiger partial charge in [0, 0.05) is 19.5 Å². The standard InChI is InChI=1S/C16H23NO5/c1-2-12-22-14-7-4-3-6-13(14)17(11-9-16(20)21)10-5-8-15(18)19/h3-4,6-7H,2,5,8-12H2,1H3,(H,18,19)(H,20,21). The van der Waals surface area contributed by atoms with Crippen molar-refractivity contribution in [1.29, 1.82) is 0 Å². The molecule has 0 spiro atoms. The highest BCUT2D eigenvalue weighted by Gasteiger charge is 2.14. The third-order valence-corrected chi connectivity index (χ3v) is 3.08. The molecule has 0 fully saturated rings. The molecule has 0 aliphatic carbocycles. The maximum Gasteiger partial charge on any atom is 0.305 e. The number of anilines is 1. The van der Waals surface area contributed by atoms with Crippen molar-refractivity contribution in [3.05, 3.63) is 24.3 Å². The molecule has 0 aromatic heterocycles. The Morgan fingerprint density at radius 3 is 2.41 bits per heavy atom. The Morgan fingerprint density at radius 1 is 1.09 bits per heavy atom. The van der Waals surface area contributed by atoms with E-state index in [1.807, 2.05) is 36.1 Å². The fourth-order valence-electron chi connectivity index (χ4n) is 2.06. The fourth-order valence-corrected chi connectivity index (χ4v) is 2.06. The van der Waals surface area contributed by atoms with E-state index in [1.54, 1.807) is 0 Å². The topological polar surface area (TPSA) is 87.1 Å². The Bertz CT molecular complexity index is 489. The van der Waals surface area contributed by atoms with Gasteiger partial charge in [-0.3, -0.25) is 9.59 Å². The second-order valence-corrected chi connectivity index (χ2v) is 4.94. The maximum absolute atomic E-state index is 10.8. The lowest BCUT2D eigenvalue weighted by atomic mass is 10.2. The number of carbonyl (C=O) groups is 2. The molecule has 0 atom stereocenters. The molecule has 0 bridgehead atoms. The summed E-state index contributed by atoms with van der Waals surface area (Å²) in [6, 6.07) is 7.43. The molecule has 0 heterocycles. The predicted molar refractivity (Wildman–Crippen MR) is 83.6 cm³/mol. The average molecular weight is 309 g/mol. The lowest BCUT2D eigenvalue weighted by Crippen LogP contribution is -2.28. The third kappa shape index (κ3) is 6.47. The summed E-state index contributed by atoms with van der Waals surface area (Å²) < 4.78 is 5.70. The van der Waals surface area contributed by atoms with E-state index in [1.165, 1.54) is 0 Å². The van der Waals surface area contributed by atoms with E-state index in [0.717, 1.165) is 12.1 Å². The van der Waals surface area contributed by atoms with Crippen LogP contribution in [0.5, 0.6) is 5.75 Å². The van der Waals surface area contributed by atoms with Gasteiger partial charge < -0.3 is 19.8 Å². The summed E-state index contributed by atoms with van der Waals surface area (Å²) in [6.07, 6.45) is 1.39. The smallest absolute Gasteiger partial charge is 0.305 e. The van der Waals surface area contributed by atoms with Crippen LogP contribution in [-0.2, 0) is 9.59 Å². The monoisotopic (exact) mass is 309 g/mol. The summed E-state index contributed by atoms with van der Waals surface area (Å²) in [5.41, 5.74) is 0.808. The van der Waals surface area contributed by atoms with E-state index in [-0.39, 0.29) is 12.8 Å². The number of para-hydroxylation sites is 2. The zero-order valence-electron chi connectivity index (χ0n) is 12.8. The van der Waals surface area contributed by atoms with Crippen molar-refractivity contribution in [3.63, 3.8) is 0 Å². The van der Waals surface area contributed by atoms with Crippen molar-refractivity contribution in [1.82, 2.24) is 0 Å². The van der Waals surface area contributed by atoms with Gasteiger partial charge in [0.25, 0.3) is 0 Å². The summed E-state index contributed by atoms with van der Waals surface area (Å²) in [5, 5.41) is 17.6. The molecule has 0 aliphatic rings. The molecule has 0 amide bonds. The zero-order valence-corrected chi connectivity index (χ0v) is 12.8. The number of rotatable bonds is 11. The molecule has 1 rings (SSSR count). The van der Waals surface area contributed by atoms with Gasteiger partial charge in [-0.2, -0.15) is 0 Å². The maximum atomic E-state index is 10.8. The highest BCUT2D eigenvalue weighted by atomic mass is 16.5. The Balaban J connectivity index is 2.83. The molecule has 2 N–H and O–H groups in total. The number of benzene rings is 1. The van der Waals surface area contributed by atoms with E-state index in [0.29, 0.717) is 31.9 Å². The number of nitrogens with zero attached hydrogens (tertiary/aromatic N) is 1. The molecule has 122 valence electrons. The molecular formula is C16H23NO5. The third-order valence-electron chi connectivity index (χ3n) is 3.08. The number of aliphatic carboxylic acids is 2. The summed E-state index contributed by atoms with van der Waals surface area (Å²) in [6.45, 7) is 3.39. The molecule has 22 heavy (non-hydrogen) atoms. The lowest BCUT2D eigenvalue weighted by Gasteiger charge is -2.26. The van der Waals surface area contributed by atoms with Gasteiger partial charge >= 0.3 is 11.9 Å². The van der Waals surface area contributed by atoms with Crippen molar-refractivity contribution >= 4 is 17.6 Å². The number of ether oxygens (including phenoxy) is 1. The number of carboxylic acids is 2. The first kappa shape index (κ1) is 17.8. The van der Waals surface area contributed by atoms with Crippen molar-refractivity contribution in [3.8, 4) is 5.75 Å². The Kier molecular flexibility index (Phi) is 7.81. The Morgan fingerprint density at radius 2 is 1.77 bits per heavy atom. The van der Waals surface area contributed by atoms with Crippen LogP contribution >= 0.6 is 0 Å². The normalized spacial score (nSPS) is 10.2. The molecule has 1 aromatic rings. The molecule has 0 saturated heterocycles. The van der Waals surface area contributed by atoms with E-state index >= 15 is 0 Å². The zero-order chi connectivity index (χ0) is 16.4. The highest BCUT2D eigenvalue weighted by Crippen LogP contribution is 2.28. The summed E-state index contributed by atoms with van der Waals surface area (Å²) >= 11 is 0. The predicted octanol–water partition coefficient (Wildman–Crippen LogP) is 2.62. The Hall–Kier alpha value is -2.24. The fraction of sp³-hybridized carbons (Fsp3) is 0.500. The molecule has 0 aliphatic heterocycles. The SMILES string of the molecule is CCCOc1ccccc1N(CCCC(=O)O)CCC(=O)O. The van der Waals surface area contributed by atoms with E-state index < -0.39 is 11.9 Å². The minimum Gasteiger partial charge on any atom is -0.491 e. The first-order valence-corrected chi connectivity index (χ1v) is 7.45. The van der Waals surface area contributed by atoms with Crippen molar-refractivity contribution in [2.75, 3.05) is 24.6 Å². The van der Waals surface area contributed by atoms with Gasteiger partial charge in [-0.05, 0) is 25.0 Å². The Labute approximate surface area is 130 Å². The van der Waals surface area contributed by atoms with Crippen molar-refractivity contribution < 1.29 is 24.5 Å². The quantitative estimate of drug-likeness (QED) is 0.653. The second kappa shape index (κ2) is 9.65.